The maximum Gasteiger partial charge on any atom is 0.512 e. The number of carbonyl (C=O) groups excluding carboxylic acids is 1. The molecule has 4 rings (SSSR count). The van der Waals surface area contributed by atoms with Crippen LogP contribution in [-0.4, -0.2) is 87.2 Å². The van der Waals surface area contributed by atoms with Crippen molar-refractivity contribution < 1.29 is 19.4 Å². The maximum atomic E-state index is 12.7. The average Bonchev–Trinajstić information content (AvgIpc) is 3.40. The van der Waals surface area contributed by atoms with Gasteiger partial charge >= 0.3 is 6.16 Å². The molecule has 2 aromatic rings. The van der Waals surface area contributed by atoms with Crippen LogP contribution in [0.5, 0.6) is 0 Å². The molecule has 30 heavy (non-hydrogen) atoms. The minimum absolute atomic E-state index is 0.0735. The number of aryl methyl sites for hydroxylation is 1. The van der Waals surface area contributed by atoms with E-state index in [0.717, 1.165) is 5.75 Å². The van der Waals surface area contributed by atoms with Gasteiger partial charge in [-0.15, -0.1) is 16.9 Å². The topological polar surface area (TPSA) is 151 Å². The molecule has 0 spiro atoms. The van der Waals surface area contributed by atoms with Gasteiger partial charge in [0.1, 0.15) is 11.4 Å². The summed E-state index contributed by atoms with van der Waals surface area (Å²) in [4.78, 5) is 32.3. The normalized spacial score (nSPS) is 20.7. The van der Waals surface area contributed by atoms with Gasteiger partial charge in [-0.2, -0.15) is 11.8 Å². The second-order valence-electron chi connectivity index (χ2n) is 6.21. The fraction of sp³-hybridized carbons (Fsp3) is 0.467. The molecule has 2 atom stereocenters. The van der Waals surface area contributed by atoms with E-state index in [1.165, 1.54) is 28.4 Å². The number of aromatic amines is 1. The minimum Gasteiger partial charge on any atom is -0.449 e. The predicted octanol–water partition coefficient (Wildman–Crippen LogP) is 1.15. The van der Waals surface area contributed by atoms with Crippen LogP contribution < -0.4 is 5.32 Å². The zero-order chi connectivity index (χ0) is 21.1. The number of carbonyl (C=O) groups is 2. The summed E-state index contributed by atoms with van der Waals surface area (Å²) in [6.07, 6.45) is 3.78. The highest BCUT2D eigenvalue weighted by Gasteiger charge is 2.53. The van der Waals surface area contributed by atoms with Gasteiger partial charge in [-0.25, -0.2) is 14.5 Å². The predicted molar refractivity (Wildman–Crippen MR) is 112 cm³/mol. The molecule has 1 amide bonds. The number of hydrogen-bond acceptors (Lipinski definition) is 11. The molecule has 12 nitrogen and oxygen atoms in total. The van der Waals surface area contributed by atoms with Gasteiger partial charge in [0, 0.05) is 35.2 Å². The van der Waals surface area contributed by atoms with Crippen LogP contribution >= 0.6 is 35.3 Å². The molecule has 160 valence electrons. The SMILES string of the molecule is CSCCn1nnnc1SCC1=C(OC(=O)O)N2C(=O)C(Nc3ncc[nH]3)[C@@H]2SC1. The van der Waals surface area contributed by atoms with Crippen LogP contribution in [0.3, 0.4) is 0 Å². The van der Waals surface area contributed by atoms with Crippen LogP contribution in [0.4, 0.5) is 10.7 Å². The monoisotopic (exact) mass is 470 g/mol. The molecule has 0 aliphatic carbocycles. The van der Waals surface area contributed by atoms with E-state index in [1.807, 2.05) is 6.26 Å². The molecule has 2 aliphatic heterocycles. The van der Waals surface area contributed by atoms with E-state index < -0.39 is 12.2 Å². The molecule has 2 aromatic heterocycles. The Morgan fingerprint density at radius 2 is 2.40 bits per heavy atom. The molecule has 0 bridgehead atoms. The Bertz CT molecular complexity index is 950. The number of fused-ring (bicyclic) bond motifs is 1. The zero-order valence-corrected chi connectivity index (χ0v) is 18.2. The van der Waals surface area contributed by atoms with Gasteiger partial charge in [0.2, 0.25) is 17.0 Å². The lowest BCUT2D eigenvalue weighted by atomic mass is 10.1. The van der Waals surface area contributed by atoms with Crippen LogP contribution in [0.1, 0.15) is 0 Å². The van der Waals surface area contributed by atoms with Crippen molar-refractivity contribution >= 4 is 53.3 Å². The third-order valence-electron chi connectivity index (χ3n) is 4.35. The van der Waals surface area contributed by atoms with Crippen LogP contribution in [0.2, 0.25) is 0 Å². The Morgan fingerprint density at radius 3 is 3.13 bits per heavy atom. The van der Waals surface area contributed by atoms with E-state index in [2.05, 4.69) is 30.8 Å². The number of H-pyrrole nitrogens is 1. The van der Waals surface area contributed by atoms with E-state index in [9.17, 15) is 14.7 Å². The second kappa shape index (κ2) is 9.18. The molecule has 0 saturated carbocycles. The Balaban J connectivity index is 1.48. The number of β-lactam (4-membered cyclic amide) rings is 1. The van der Waals surface area contributed by atoms with E-state index in [-0.39, 0.29) is 17.2 Å². The number of nitrogens with zero attached hydrogens (tertiary/aromatic N) is 6. The lowest BCUT2D eigenvalue weighted by Gasteiger charge is -2.49. The first kappa shape index (κ1) is 20.9. The first-order chi connectivity index (χ1) is 14.6. The molecular weight excluding hydrogens is 452 g/mol. The summed E-state index contributed by atoms with van der Waals surface area (Å²) in [6.45, 7) is 0.676. The lowest BCUT2D eigenvalue weighted by Crippen LogP contribution is -2.67. The van der Waals surface area contributed by atoms with Gasteiger partial charge in [-0.3, -0.25) is 9.69 Å². The number of tetrazole rings is 1. The van der Waals surface area contributed by atoms with Crippen LogP contribution in [0, 0.1) is 0 Å². The van der Waals surface area contributed by atoms with Gasteiger partial charge < -0.3 is 20.1 Å². The van der Waals surface area contributed by atoms with Crippen molar-refractivity contribution in [1.29, 1.82) is 0 Å². The number of imidazole rings is 1. The average molecular weight is 471 g/mol. The van der Waals surface area contributed by atoms with Crippen molar-refractivity contribution in [3.05, 3.63) is 23.8 Å². The quantitative estimate of drug-likeness (QED) is 0.274. The largest absolute Gasteiger partial charge is 0.512 e. The van der Waals surface area contributed by atoms with E-state index >= 15 is 0 Å². The first-order valence-corrected chi connectivity index (χ1v) is 12.2. The second-order valence-corrected chi connectivity index (χ2v) is 9.25. The van der Waals surface area contributed by atoms with Gasteiger partial charge in [-0.05, 0) is 16.7 Å². The summed E-state index contributed by atoms with van der Waals surface area (Å²) in [5.41, 5.74) is 0.702. The van der Waals surface area contributed by atoms with E-state index in [4.69, 9.17) is 4.74 Å². The number of hydrogen-bond donors (Lipinski definition) is 3. The molecule has 1 unspecified atom stereocenters. The van der Waals surface area contributed by atoms with Crippen molar-refractivity contribution in [3.63, 3.8) is 0 Å². The summed E-state index contributed by atoms with van der Waals surface area (Å²) in [5, 5.41) is 24.3. The van der Waals surface area contributed by atoms with Crippen molar-refractivity contribution in [1.82, 2.24) is 35.1 Å². The fourth-order valence-corrected chi connectivity index (χ4v) is 5.68. The summed E-state index contributed by atoms with van der Waals surface area (Å²) in [7, 11) is 0. The highest BCUT2D eigenvalue weighted by Crippen LogP contribution is 2.42. The van der Waals surface area contributed by atoms with Crippen molar-refractivity contribution in [2.24, 2.45) is 0 Å². The van der Waals surface area contributed by atoms with Crippen LogP contribution in [0.25, 0.3) is 0 Å². The summed E-state index contributed by atoms with van der Waals surface area (Å²) in [6, 6.07) is -0.512. The molecule has 15 heteroatoms. The number of rotatable bonds is 9. The van der Waals surface area contributed by atoms with E-state index in [1.54, 1.807) is 28.8 Å². The van der Waals surface area contributed by atoms with Gasteiger partial charge in [0.15, 0.2) is 0 Å². The fourth-order valence-electron chi connectivity index (χ4n) is 2.97. The number of ether oxygens (including phenoxy) is 1. The molecule has 0 aromatic carbocycles. The Morgan fingerprint density at radius 1 is 1.53 bits per heavy atom. The lowest BCUT2D eigenvalue weighted by molar-refractivity contribution is -0.143. The summed E-state index contributed by atoms with van der Waals surface area (Å²) in [5.74, 6) is 2.08. The first-order valence-electron chi connectivity index (χ1n) is 8.79. The molecule has 3 N–H and O–H groups in total. The number of anilines is 1. The number of carboxylic acid groups (broad SMARTS) is 1. The minimum atomic E-state index is -1.46. The van der Waals surface area contributed by atoms with Gasteiger partial charge in [0.05, 0.1) is 6.54 Å². The highest BCUT2D eigenvalue weighted by atomic mass is 32.2. The molecule has 4 heterocycles. The molecule has 0 radical (unpaired) electrons. The smallest absolute Gasteiger partial charge is 0.449 e. The molecule has 1 saturated heterocycles. The van der Waals surface area contributed by atoms with Gasteiger partial charge in [0.25, 0.3) is 5.91 Å². The van der Waals surface area contributed by atoms with Crippen molar-refractivity contribution in [3.8, 4) is 0 Å². The zero-order valence-electron chi connectivity index (χ0n) is 15.7. The molecule has 2 aliphatic rings. The maximum absolute atomic E-state index is 12.7. The van der Waals surface area contributed by atoms with Crippen molar-refractivity contribution in [2.75, 3.05) is 28.8 Å². The molecular formula is C15H18N8O4S3. The Kier molecular flexibility index (Phi) is 6.38. The third kappa shape index (κ3) is 4.22. The highest BCUT2D eigenvalue weighted by molar-refractivity contribution is 8.01. The molecule has 1 fully saturated rings. The van der Waals surface area contributed by atoms with Crippen molar-refractivity contribution in [2.45, 2.75) is 23.1 Å². The van der Waals surface area contributed by atoms with E-state index in [0.29, 0.717) is 34.7 Å². The van der Waals surface area contributed by atoms with Crippen LogP contribution in [0.15, 0.2) is 29.0 Å². The number of thioether (sulfide) groups is 3. The summed E-state index contributed by atoms with van der Waals surface area (Å²) < 4.78 is 6.72. The van der Waals surface area contributed by atoms with Gasteiger partial charge in [-0.1, -0.05) is 11.8 Å². The Hall–Kier alpha value is -2.39. The number of aromatic nitrogens is 6. The number of amides is 1. The third-order valence-corrected chi connectivity index (χ3v) is 7.32. The standard InChI is InChI=1S/C15H18N8O4S3/c1-28-5-4-22-14(19-20-21-22)30-7-8-6-29-12-9(18-13-16-2-3-17-13)10(24)23(12)11(8)27-15(25)26/h2-3,9,12H,4-7H2,1H3,(H,25,26)(H2,16,17,18)/t9?,12-/m0/s1. The Labute approximate surface area is 183 Å². The number of nitrogens with one attached hydrogen (secondary N) is 2. The van der Waals surface area contributed by atoms with Crippen LogP contribution in [-0.2, 0) is 16.1 Å². The summed E-state index contributed by atoms with van der Waals surface area (Å²) >= 11 is 4.61.